The molecule has 0 radical (unpaired) electrons. The molecule has 6 nitrogen and oxygen atoms in total. The zero-order valence-electron chi connectivity index (χ0n) is 12.0. The molecular weight excluding hydrogens is 288 g/mol. The average molecular weight is 310 g/mol. The number of nitrogens with two attached hydrogens (primary N) is 1. The Morgan fingerprint density at radius 1 is 1.24 bits per heavy atom. The molecule has 0 bridgehead atoms. The van der Waals surface area contributed by atoms with Crippen molar-refractivity contribution in [2.24, 2.45) is 5.73 Å². The molecule has 3 N–H and O–H groups in total. The fraction of sp³-hybridized carbons (Fsp3) is 0.571. The second-order valence-electron chi connectivity index (χ2n) is 5.51. The molecule has 1 atom stereocenters. The number of nitrogens with zero attached hydrogens (tertiary/aromatic N) is 2. The van der Waals surface area contributed by atoms with Crippen molar-refractivity contribution in [1.82, 2.24) is 9.62 Å². The van der Waals surface area contributed by atoms with Gasteiger partial charge in [0.05, 0.1) is 11.7 Å². The SMILES string of the molecule is NCC1CCc2ccccc2N1S(=O)(=O)N1CCNCC1. The van der Waals surface area contributed by atoms with Gasteiger partial charge in [0.1, 0.15) is 0 Å². The number of piperazine rings is 1. The van der Waals surface area contributed by atoms with Crippen molar-refractivity contribution in [3.63, 3.8) is 0 Å². The van der Waals surface area contributed by atoms with E-state index in [0.29, 0.717) is 32.7 Å². The smallest absolute Gasteiger partial charge is 0.304 e. The minimum atomic E-state index is -3.51. The standard InChI is InChI=1S/C14H22N4O2S/c15-11-13-6-5-12-3-1-2-4-14(12)18(13)21(19,20)17-9-7-16-8-10-17/h1-4,13,16H,5-11,15H2. The lowest BCUT2D eigenvalue weighted by molar-refractivity contribution is 0.355. The maximum Gasteiger partial charge on any atom is 0.304 e. The van der Waals surface area contributed by atoms with Crippen LogP contribution in [0.25, 0.3) is 0 Å². The predicted molar refractivity (Wildman–Crippen MR) is 83.4 cm³/mol. The summed E-state index contributed by atoms with van der Waals surface area (Å²) in [6, 6.07) is 7.58. The van der Waals surface area contributed by atoms with Crippen molar-refractivity contribution in [3.05, 3.63) is 29.8 Å². The summed E-state index contributed by atoms with van der Waals surface area (Å²) in [6.45, 7) is 2.76. The van der Waals surface area contributed by atoms with E-state index in [1.807, 2.05) is 24.3 Å². The number of benzene rings is 1. The van der Waals surface area contributed by atoms with Gasteiger partial charge in [0.2, 0.25) is 0 Å². The lowest BCUT2D eigenvalue weighted by atomic mass is 9.98. The van der Waals surface area contributed by atoms with Crippen LogP contribution in [0.5, 0.6) is 0 Å². The molecule has 0 aliphatic carbocycles. The van der Waals surface area contributed by atoms with Gasteiger partial charge in [0.15, 0.2) is 0 Å². The summed E-state index contributed by atoms with van der Waals surface area (Å²) in [4.78, 5) is 0. The zero-order valence-corrected chi connectivity index (χ0v) is 12.8. The molecule has 0 spiro atoms. The van der Waals surface area contributed by atoms with Gasteiger partial charge in [0, 0.05) is 32.7 Å². The van der Waals surface area contributed by atoms with E-state index < -0.39 is 10.2 Å². The molecular formula is C14H22N4O2S. The minimum Gasteiger partial charge on any atom is -0.328 e. The van der Waals surface area contributed by atoms with Gasteiger partial charge in [-0.05, 0) is 24.5 Å². The van der Waals surface area contributed by atoms with Gasteiger partial charge in [-0.25, -0.2) is 0 Å². The number of hydrogen-bond acceptors (Lipinski definition) is 4. The Kier molecular flexibility index (Phi) is 4.17. The van der Waals surface area contributed by atoms with Crippen molar-refractivity contribution in [3.8, 4) is 0 Å². The second-order valence-corrected chi connectivity index (χ2v) is 7.32. The molecule has 2 aliphatic heterocycles. The topological polar surface area (TPSA) is 78.7 Å². The van der Waals surface area contributed by atoms with Crippen molar-refractivity contribution in [1.29, 1.82) is 0 Å². The van der Waals surface area contributed by atoms with Crippen LogP contribution in [0.1, 0.15) is 12.0 Å². The Labute approximate surface area is 126 Å². The van der Waals surface area contributed by atoms with Gasteiger partial charge in [-0.3, -0.25) is 4.31 Å². The Balaban J connectivity index is 2.01. The molecule has 3 rings (SSSR count). The van der Waals surface area contributed by atoms with E-state index in [9.17, 15) is 8.42 Å². The largest absolute Gasteiger partial charge is 0.328 e. The third kappa shape index (κ3) is 2.66. The molecule has 7 heteroatoms. The van der Waals surface area contributed by atoms with Crippen LogP contribution in [-0.2, 0) is 16.6 Å². The van der Waals surface area contributed by atoms with Crippen LogP contribution in [0.4, 0.5) is 5.69 Å². The Bertz CT molecular complexity index is 599. The first-order valence-corrected chi connectivity index (χ1v) is 8.82. The Morgan fingerprint density at radius 3 is 2.67 bits per heavy atom. The van der Waals surface area contributed by atoms with Crippen LogP contribution in [0, 0.1) is 0 Å². The molecule has 2 heterocycles. The summed E-state index contributed by atoms with van der Waals surface area (Å²) in [7, 11) is -3.51. The number of anilines is 1. The molecule has 116 valence electrons. The number of nitrogens with one attached hydrogen (secondary N) is 1. The van der Waals surface area contributed by atoms with Crippen molar-refractivity contribution >= 4 is 15.9 Å². The molecule has 1 saturated heterocycles. The van der Waals surface area contributed by atoms with E-state index in [1.54, 1.807) is 8.61 Å². The first-order chi connectivity index (χ1) is 10.1. The fourth-order valence-electron chi connectivity index (χ4n) is 3.10. The molecule has 0 amide bonds. The molecule has 1 unspecified atom stereocenters. The average Bonchev–Trinajstić information content (AvgIpc) is 2.54. The number of rotatable bonds is 3. The van der Waals surface area contributed by atoms with Gasteiger partial charge in [-0.2, -0.15) is 12.7 Å². The molecule has 0 aromatic heterocycles. The van der Waals surface area contributed by atoms with Gasteiger partial charge in [0.25, 0.3) is 0 Å². The highest BCUT2D eigenvalue weighted by Crippen LogP contribution is 2.33. The summed E-state index contributed by atoms with van der Waals surface area (Å²) < 4.78 is 29.2. The van der Waals surface area contributed by atoms with Crippen LogP contribution in [0.2, 0.25) is 0 Å². The van der Waals surface area contributed by atoms with Crippen LogP contribution >= 0.6 is 0 Å². The second kappa shape index (κ2) is 5.92. The maximum absolute atomic E-state index is 13.0. The summed E-state index contributed by atoms with van der Waals surface area (Å²) in [5.41, 5.74) is 7.71. The lowest BCUT2D eigenvalue weighted by Crippen LogP contribution is -2.56. The number of hydrogen-bond donors (Lipinski definition) is 2. The number of fused-ring (bicyclic) bond motifs is 1. The van der Waals surface area contributed by atoms with Crippen molar-refractivity contribution in [2.75, 3.05) is 37.0 Å². The van der Waals surface area contributed by atoms with Gasteiger partial charge in [-0.1, -0.05) is 18.2 Å². The van der Waals surface area contributed by atoms with E-state index in [1.165, 1.54) is 0 Å². The summed E-state index contributed by atoms with van der Waals surface area (Å²) in [5.74, 6) is 0. The van der Waals surface area contributed by atoms with Gasteiger partial charge in [-0.15, -0.1) is 0 Å². The summed E-state index contributed by atoms with van der Waals surface area (Å²) in [5, 5.41) is 3.18. The van der Waals surface area contributed by atoms with Crippen LogP contribution in [-0.4, -0.2) is 51.5 Å². The van der Waals surface area contributed by atoms with E-state index in [2.05, 4.69) is 5.32 Å². The first-order valence-electron chi connectivity index (χ1n) is 7.43. The van der Waals surface area contributed by atoms with Gasteiger partial charge >= 0.3 is 10.2 Å². The number of para-hydroxylation sites is 1. The molecule has 21 heavy (non-hydrogen) atoms. The first kappa shape index (κ1) is 14.8. The molecule has 0 saturated carbocycles. The minimum absolute atomic E-state index is 0.153. The number of aryl methyl sites for hydroxylation is 1. The molecule has 1 aromatic carbocycles. The van der Waals surface area contributed by atoms with Crippen LogP contribution in [0.3, 0.4) is 0 Å². The fourth-order valence-corrected chi connectivity index (χ4v) is 4.99. The third-order valence-corrected chi connectivity index (χ3v) is 6.24. The Hall–Kier alpha value is -1.15. The third-order valence-electron chi connectivity index (χ3n) is 4.23. The summed E-state index contributed by atoms with van der Waals surface area (Å²) >= 11 is 0. The van der Waals surface area contributed by atoms with Gasteiger partial charge < -0.3 is 11.1 Å². The predicted octanol–water partition coefficient (Wildman–Crippen LogP) is -0.0835. The molecule has 2 aliphatic rings. The highest BCUT2D eigenvalue weighted by Gasteiger charge is 2.38. The normalized spacial score (nSPS) is 23.9. The lowest BCUT2D eigenvalue weighted by Gasteiger charge is -2.41. The quantitative estimate of drug-likeness (QED) is 0.818. The van der Waals surface area contributed by atoms with Crippen molar-refractivity contribution in [2.45, 2.75) is 18.9 Å². The zero-order chi connectivity index (χ0) is 14.9. The van der Waals surface area contributed by atoms with E-state index in [0.717, 1.165) is 24.1 Å². The maximum atomic E-state index is 13.0. The van der Waals surface area contributed by atoms with Crippen LogP contribution in [0.15, 0.2) is 24.3 Å². The summed E-state index contributed by atoms with van der Waals surface area (Å²) in [6.07, 6.45) is 1.66. The highest BCUT2D eigenvalue weighted by molar-refractivity contribution is 7.90. The van der Waals surface area contributed by atoms with Crippen LogP contribution < -0.4 is 15.4 Å². The Morgan fingerprint density at radius 2 is 1.95 bits per heavy atom. The highest BCUT2D eigenvalue weighted by atomic mass is 32.2. The van der Waals surface area contributed by atoms with E-state index in [-0.39, 0.29) is 6.04 Å². The van der Waals surface area contributed by atoms with E-state index in [4.69, 9.17) is 5.73 Å². The molecule has 1 aromatic rings. The van der Waals surface area contributed by atoms with E-state index >= 15 is 0 Å². The van der Waals surface area contributed by atoms with Crippen molar-refractivity contribution < 1.29 is 8.42 Å². The monoisotopic (exact) mass is 310 g/mol. The molecule has 1 fully saturated rings.